The van der Waals surface area contributed by atoms with E-state index in [-0.39, 0.29) is 29.5 Å². The van der Waals surface area contributed by atoms with Gasteiger partial charge in [-0.05, 0) is 74.1 Å². The third-order valence-electron chi connectivity index (χ3n) is 7.15. The number of aromatic nitrogens is 2. The summed E-state index contributed by atoms with van der Waals surface area (Å²) in [5.74, 6) is -0.0977. The maximum atomic E-state index is 13.3. The summed E-state index contributed by atoms with van der Waals surface area (Å²) < 4.78 is 18.7. The third-order valence-corrected chi connectivity index (χ3v) is 7.15. The van der Waals surface area contributed by atoms with Crippen LogP contribution >= 0.6 is 0 Å². The van der Waals surface area contributed by atoms with E-state index in [1.807, 2.05) is 57.2 Å². The quantitative estimate of drug-likeness (QED) is 0.265. The minimum absolute atomic E-state index is 0.0963. The Balaban J connectivity index is 1.23. The molecule has 0 spiro atoms. The third kappa shape index (κ3) is 7.49. The molecule has 3 N–H and O–H groups in total. The number of aromatic amines is 1. The highest BCUT2D eigenvalue weighted by atomic mass is 19.1. The number of imidazole rings is 1. The molecule has 1 aromatic heterocycles. The number of hydrogen-bond donors (Lipinski definition) is 3. The standard InChI is InChI=1S/C32H36FN5O3/c1-32(2,3)41-31(40)35-17-22-15-26(38(20-22)19-21-7-5-4-6-8-21)18-34-30(39)29-36-27-14-11-24(16-28(27)37-29)23-9-12-25(33)13-10-23/h4-14,16,22,26H,15,17-20H2,1-3H3,(H,34,39)(H,35,40)(H,36,37)/t22-,26-/m0/s1. The summed E-state index contributed by atoms with van der Waals surface area (Å²) in [7, 11) is 0. The number of rotatable bonds is 8. The summed E-state index contributed by atoms with van der Waals surface area (Å²) in [5.41, 5.74) is 3.82. The van der Waals surface area contributed by atoms with Crippen molar-refractivity contribution in [1.82, 2.24) is 25.5 Å². The van der Waals surface area contributed by atoms with Crippen LogP contribution in [0.4, 0.5) is 9.18 Å². The number of nitrogens with one attached hydrogen (secondary N) is 3. The smallest absolute Gasteiger partial charge is 0.407 e. The molecular weight excluding hydrogens is 521 g/mol. The molecule has 41 heavy (non-hydrogen) atoms. The molecule has 9 heteroatoms. The Bertz CT molecular complexity index is 1500. The first-order valence-corrected chi connectivity index (χ1v) is 13.9. The Hall–Kier alpha value is -4.24. The van der Waals surface area contributed by atoms with Crippen LogP contribution in [0.1, 0.15) is 43.4 Å². The van der Waals surface area contributed by atoms with Crippen molar-refractivity contribution >= 4 is 23.0 Å². The van der Waals surface area contributed by atoms with E-state index in [1.165, 1.54) is 17.7 Å². The molecule has 0 radical (unpaired) electrons. The number of ether oxygens (including phenoxy) is 1. The van der Waals surface area contributed by atoms with E-state index in [2.05, 4.69) is 37.6 Å². The molecule has 2 amide bonds. The lowest BCUT2D eigenvalue weighted by molar-refractivity contribution is 0.0519. The Kier molecular flexibility index (Phi) is 8.35. The largest absolute Gasteiger partial charge is 0.444 e. The average Bonchev–Trinajstić information content (AvgIpc) is 3.54. The van der Waals surface area contributed by atoms with Crippen LogP contribution in [0.25, 0.3) is 22.2 Å². The minimum Gasteiger partial charge on any atom is -0.444 e. The Morgan fingerprint density at radius 1 is 1.00 bits per heavy atom. The Morgan fingerprint density at radius 2 is 1.73 bits per heavy atom. The van der Waals surface area contributed by atoms with Gasteiger partial charge in [0.15, 0.2) is 5.82 Å². The Morgan fingerprint density at radius 3 is 2.46 bits per heavy atom. The van der Waals surface area contributed by atoms with Crippen LogP contribution in [0.2, 0.25) is 0 Å². The van der Waals surface area contributed by atoms with Crippen molar-refractivity contribution in [3.8, 4) is 11.1 Å². The first kappa shape index (κ1) is 28.3. The predicted octanol–water partition coefficient (Wildman–Crippen LogP) is 5.51. The highest BCUT2D eigenvalue weighted by Gasteiger charge is 2.33. The molecule has 1 aliphatic rings. The van der Waals surface area contributed by atoms with Crippen LogP contribution in [-0.4, -0.2) is 58.1 Å². The lowest BCUT2D eigenvalue weighted by atomic mass is 10.1. The van der Waals surface area contributed by atoms with Crippen molar-refractivity contribution in [1.29, 1.82) is 0 Å². The van der Waals surface area contributed by atoms with Crippen molar-refractivity contribution in [3.63, 3.8) is 0 Å². The second-order valence-electron chi connectivity index (χ2n) is 11.6. The van der Waals surface area contributed by atoms with Gasteiger partial charge in [-0.15, -0.1) is 0 Å². The van der Waals surface area contributed by atoms with Gasteiger partial charge in [0.25, 0.3) is 5.91 Å². The van der Waals surface area contributed by atoms with Crippen molar-refractivity contribution in [2.24, 2.45) is 5.92 Å². The molecular formula is C32H36FN5O3. The van der Waals surface area contributed by atoms with Gasteiger partial charge in [0.05, 0.1) is 11.0 Å². The van der Waals surface area contributed by atoms with Gasteiger partial charge in [0.1, 0.15) is 11.4 Å². The van der Waals surface area contributed by atoms with E-state index in [4.69, 9.17) is 4.74 Å². The molecule has 0 aliphatic carbocycles. The van der Waals surface area contributed by atoms with Gasteiger partial charge in [-0.25, -0.2) is 14.2 Å². The molecule has 1 fully saturated rings. The van der Waals surface area contributed by atoms with Crippen molar-refractivity contribution < 1.29 is 18.7 Å². The van der Waals surface area contributed by atoms with Crippen molar-refractivity contribution in [2.75, 3.05) is 19.6 Å². The number of fused-ring (bicyclic) bond motifs is 1. The zero-order valence-electron chi connectivity index (χ0n) is 23.6. The molecule has 2 heterocycles. The summed E-state index contributed by atoms with van der Waals surface area (Å²) >= 11 is 0. The van der Waals surface area contributed by atoms with Crippen LogP contribution in [0, 0.1) is 11.7 Å². The predicted molar refractivity (Wildman–Crippen MR) is 157 cm³/mol. The molecule has 0 bridgehead atoms. The van der Waals surface area contributed by atoms with E-state index in [9.17, 15) is 14.0 Å². The van der Waals surface area contributed by atoms with Crippen LogP contribution in [-0.2, 0) is 11.3 Å². The monoisotopic (exact) mass is 557 g/mol. The van der Waals surface area contributed by atoms with Crippen molar-refractivity contribution in [3.05, 3.63) is 90.0 Å². The molecule has 214 valence electrons. The zero-order chi connectivity index (χ0) is 29.0. The summed E-state index contributed by atoms with van der Waals surface area (Å²) in [6, 6.07) is 22.3. The maximum absolute atomic E-state index is 13.3. The molecule has 0 unspecified atom stereocenters. The van der Waals surface area contributed by atoms with E-state index in [0.29, 0.717) is 18.6 Å². The van der Waals surface area contributed by atoms with Crippen LogP contribution in [0.15, 0.2) is 72.8 Å². The van der Waals surface area contributed by atoms with Gasteiger partial charge in [-0.2, -0.15) is 0 Å². The minimum atomic E-state index is -0.550. The van der Waals surface area contributed by atoms with E-state index in [0.717, 1.165) is 36.2 Å². The van der Waals surface area contributed by atoms with Crippen LogP contribution in [0.5, 0.6) is 0 Å². The first-order chi connectivity index (χ1) is 19.6. The van der Waals surface area contributed by atoms with E-state index >= 15 is 0 Å². The van der Waals surface area contributed by atoms with Gasteiger partial charge in [-0.1, -0.05) is 48.5 Å². The maximum Gasteiger partial charge on any atom is 0.407 e. The second kappa shape index (κ2) is 12.1. The number of alkyl carbamates (subject to hydrolysis) is 1. The summed E-state index contributed by atoms with van der Waals surface area (Å²) in [6.07, 6.45) is 0.403. The van der Waals surface area contributed by atoms with Gasteiger partial charge in [-0.3, -0.25) is 9.69 Å². The molecule has 8 nitrogen and oxygen atoms in total. The van der Waals surface area contributed by atoms with Gasteiger partial charge in [0.2, 0.25) is 0 Å². The summed E-state index contributed by atoms with van der Waals surface area (Å²) in [5, 5.41) is 5.96. The number of benzene rings is 3. The highest BCUT2D eigenvalue weighted by molar-refractivity contribution is 5.95. The molecule has 0 saturated carbocycles. The number of carbonyl (C=O) groups excluding carboxylic acids is 2. The molecule has 5 rings (SSSR count). The number of amides is 2. The zero-order valence-corrected chi connectivity index (χ0v) is 23.6. The topological polar surface area (TPSA) is 99.4 Å². The van der Waals surface area contributed by atoms with Gasteiger partial charge < -0.3 is 20.4 Å². The number of carbonyl (C=O) groups is 2. The fraction of sp³-hybridized carbons (Fsp3) is 0.344. The first-order valence-electron chi connectivity index (χ1n) is 13.9. The lowest BCUT2D eigenvalue weighted by Crippen LogP contribution is -2.40. The normalized spacial score (nSPS) is 17.5. The second-order valence-corrected chi connectivity index (χ2v) is 11.6. The molecule has 2 atom stereocenters. The number of H-pyrrole nitrogens is 1. The number of hydrogen-bond acceptors (Lipinski definition) is 5. The fourth-order valence-corrected chi connectivity index (χ4v) is 5.23. The van der Waals surface area contributed by atoms with Crippen LogP contribution in [0.3, 0.4) is 0 Å². The van der Waals surface area contributed by atoms with Crippen molar-refractivity contribution in [2.45, 2.75) is 45.4 Å². The molecule has 1 saturated heterocycles. The number of nitrogens with zero attached hydrogens (tertiary/aromatic N) is 2. The SMILES string of the molecule is CC(C)(C)OC(=O)NC[C@@H]1C[C@@H](CNC(=O)c2nc3cc(-c4ccc(F)cc4)ccc3[nH]2)N(Cc2ccccc2)C1. The van der Waals surface area contributed by atoms with E-state index in [1.54, 1.807) is 12.1 Å². The Labute approximate surface area is 239 Å². The highest BCUT2D eigenvalue weighted by Crippen LogP contribution is 2.26. The molecule has 1 aliphatic heterocycles. The van der Waals surface area contributed by atoms with Gasteiger partial charge in [0, 0.05) is 32.2 Å². The van der Waals surface area contributed by atoms with Gasteiger partial charge >= 0.3 is 6.09 Å². The fourth-order valence-electron chi connectivity index (χ4n) is 5.23. The average molecular weight is 558 g/mol. The number of halogens is 1. The summed E-state index contributed by atoms with van der Waals surface area (Å²) in [4.78, 5) is 35.3. The summed E-state index contributed by atoms with van der Waals surface area (Å²) in [6.45, 7) is 8.03. The number of likely N-dealkylation sites (tertiary alicyclic amines) is 1. The molecule has 4 aromatic rings. The van der Waals surface area contributed by atoms with Crippen LogP contribution < -0.4 is 10.6 Å². The van der Waals surface area contributed by atoms with E-state index < -0.39 is 11.7 Å². The lowest BCUT2D eigenvalue weighted by Gasteiger charge is -2.24. The molecule has 3 aromatic carbocycles.